The average Bonchev–Trinajstić information content (AvgIpc) is 2.91. The number of aromatic nitrogens is 2. The van der Waals surface area contributed by atoms with Gasteiger partial charge < -0.3 is 25.7 Å². The molecule has 1 aromatic carbocycles. The zero-order valence-corrected chi connectivity index (χ0v) is 11.2. The van der Waals surface area contributed by atoms with Crippen LogP contribution in [-0.2, 0) is 6.61 Å². The quantitative estimate of drug-likeness (QED) is 0.619. The Morgan fingerprint density at radius 2 is 2.05 bits per heavy atom. The number of ether oxygens (including phenoxy) is 3. The van der Waals surface area contributed by atoms with Gasteiger partial charge in [-0.3, -0.25) is 10.1 Å². The molecule has 114 valence electrons. The van der Waals surface area contributed by atoms with Crippen LogP contribution in [0.15, 0.2) is 18.2 Å². The first kappa shape index (κ1) is 13.7. The number of nitrogen functional groups attached to an aromatic ring is 2. The minimum Gasteiger partial charge on any atom is -0.468 e. The molecule has 1 aliphatic rings. The molecule has 1 aliphatic heterocycles. The van der Waals surface area contributed by atoms with E-state index in [1.807, 2.05) is 0 Å². The first-order valence-corrected chi connectivity index (χ1v) is 6.13. The highest BCUT2D eigenvalue weighted by atomic mass is 16.7. The molecule has 0 fully saturated rings. The van der Waals surface area contributed by atoms with E-state index in [1.54, 1.807) is 18.2 Å². The van der Waals surface area contributed by atoms with E-state index < -0.39 is 10.6 Å². The second-order valence-electron chi connectivity index (χ2n) is 4.35. The zero-order chi connectivity index (χ0) is 15.7. The summed E-state index contributed by atoms with van der Waals surface area (Å²) < 4.78 is 15.8. The Morgan fingerprint density at radius 1 is 1.27 bits per heavy atom. The Bertz CT molecular complexity index is 751. The molecule has 4 N–H and O–H groups in total. The number of nitrogens with zero attached hydrogens (tertiary/aromatic N) is 3. The SMILES string of the molecule is Nc1nc(N)c([N+](=O)[O-])c(OCc2ccc3c(c2)OCO3)n1. The van der Waals surface area contributed by atoms with Crippen molar-refractivity contribution in [3.8, 4) is 17.4 Å². The highest BCUT2D eigenvalue weighted by molar-refractivity contribution is 5.60. The van der Waals surface area contributed by atoms with E-state index in [2.05, 4.69) is 9.97 Å². The molecule has 0 unspecified atom stereocenters. The van der Waals surface area contributed by atoms with Gasteiger partial charge in [-0.05, 0) is 17.7 Å². The van der Waals surface area contributed by atoms with E-state index in [0.717, 1.165) is 0 Å². The summed E-state index contributed by atoms with van der Waals surface area (Å²) in [5.74, 6) is 0.372. The third-order valence-electron chi connectivity index (χ3n) is 2.89. The van der Waals surface area contributed by atoms with E-state index in [-0.39, 0.29) is 31.0 Å². The van der Waals surface area contributed by atoms with E-state index in [1.165, 1.54) is 0 Å². The monoisotopic (exact) mass is 305 g/mol. The summed E-state index contributed by atoms with van der Waals surface area (Å²) in [4.78, 5) is 17.5. The molecule has 3 rings (SSSR count). The van der Waals surface area contributed by atoms with Crippen LogP contribution < -0.4 is 25.7 Å². The van der Waals surface area contributed by atoms with Crippen molar-refractivity contribution in [1.29, 1.82) is 0 Å². The third kappa shape index (κ3) is 2.49. The maximum Gasteiger partial charge on any atom is 0.372 e. The minimum absolute atomic E-state index is 0.0212. The number of nitrogens with two attached hydrogens (primary N) is 2. The lowest BCUT2D eigenvalue weighted by Crippen LogP contribution is -2.08. The van der Waals surface area contributed by atoms with Crippen molar-refractivity contribution in [3.63, 3.8) is 0 Å². The number of hydrogen-bond acceptors (Lipinski definition) is 9. The van der Waals surface area contributed by atoms with Gasteiger partial charge in [-0.25, -0.2) is 0 Å². The third-order valence-corrected chi connectivity index (χ3v) is 2.89. The number of anilines is 2. The lowest BCUT2D eigenvalue weighted by Gasteiger charge is -2.08. The summed E-state index contributed by atoms with van der Waals surface area (Å²) in [5.41, 5.74) is 11.1. The zero-order valence-electron chi connectivity index (χ0n) is 11.2. The van der Waals surface area contributed by atoms with Crippen LogP contribution in [0.5, 0.6) is 17.4 Å². The normalized spacial score (nSPS) is 12.2. The fraction of sp³-hybridized carbons (Fsp3) is 0.167. The topological polar surface area (TPSA) is 149 Å². The molecular formula is C12H11N5O5. The van der Waals surface area contributed by atoms with Crippen LogP contribution in [0.3, 0.4) is 0 Å². The highest BCUT2D eigenvalue weighted by Crippen LogP contribution is 2.34. The van der Waals surface area contributed by atoms with Crippen LogP contribution in [0.2, 0.25) is 0 Å². The van der Waals surface area contributed by atoms with Gasteiger partial charge in [-0.1, -0.05) is 6.07 Å². The van der Waals surface area contributed by atoms with Gasteiger partial charge in [-0.15, -0.1) is 0 Å². The molecule has 0 spiro atoms. The fourth-order valence-electron chi connectivity index (χ4n) is 1.92. The van der Waals surface area contributed by atoms with Gasteiger partial charge in [-0.2, -0.15) is 9.97 Å². The number of nitro groups is 1. The number of hydrogen-bond donors (Lipinski definition) is 2. The van der Waals surface area contributed by atoms with Crippen LogP contribution in [0.1, 0.15) is 5.56 Å². The molecule has 0 amide bonds. The first-order valence-electron chi connectivity index (χ1n) is 6.13. The Hall–Kier alpha value is -3.30. The standard InChI is InChI=1S/C12H11N5O5/c13-10-9(17(18)19)11(16-12(14)15-10)20-4-6-1-2-7-8(3-6)22-5-21-7/h1-3H,4-5H2,(H4,13,14,15,16). The van der Waals surface area contributed by atoms with Crippen LogP contribution in [-0.4, -0.2) is 21.7 Å². The molecule has 2 heterocycles. The van der Waals surface area contributed by atoms with E-state index in [0.29, 0.717) is 17.1 Å². The Kier molecular flexibility index (Phi) is 3.26. The van der Waals surface area contributed by atoms with Crippen LogP contribution in [0.4, 0.5) is 17.5 Å². The molecule has 22 heavy (non-hydrogen) atoms. The van der Waals surface area contributed by atoms with Gasteiger partial charge in [0.2, 0.25) is 18.6 Å². The van der Waals surface area contributed by atoms with E-state index >= 15 is 0 Å². The van der Waals surface area contributed by atoms with E-state index in [4.69, 9.17) is 25.7 Å². The first-order chi connectivity index (χ1) is 10.5. The van der Waals surface area contributed by atoms with Gasteiger partial charge in [0.1, 0.15) is 6.61 Å². The van der Waals surface area contributed by atoms with Gasteiger partial charge in [0.25, 0.3) is 0 Å². The molecule has 0 atom stereocenters. The smallest absolute Gasteiger partial charge is 0.372 e. The Morgan fingerprint density at radius 3 is 2.82 bits per heavy atom. The molecular weight excluding hydrogens is 294 g/mol. The van der Waals surface area contributed by atoms with Crippen molar-refractivity contribution in [2.45, 2.75) is 6.61 Å². The molecule has 2 aromatic rings. The largest absolute Gasteiger partial charge is 0.468 e. The summed E-state index contributed by atoms with van der Waals surface area (Å²) in [5, 5.41) is 11.0. The van der Waals surface area contributed by atoms with Crippen molar-refractivity contribution in [2.24, 2.45) is 0 Å². The summed E-state index contributed by atoms with van der Waals surface area (Å²) in [6, 6.07) is 5.17. The van der Waals surface area contributed by atoms with Gasteiger partial charge in [0.15, 0.2) is 11.5 Å². The number of benzene rings is 1. The van der Waals surface area contributed by atoms with Gasteiger partial charge in [0.05, 0.1) is 4.92 Å². The summed E-state index contributed by atoms with van der Waals surface area (Å²) in [7, 11) is 0. The van der Waals surface area contributed by atoms with Crippen molar-refractivity contribution >= 4 is 17.5 Å². The number of fused-ring (bicyclic) bond motifs is 1. The van der Waals surface area contributed by atoms with Gasteiger partial charge in [0, 0.05) is 0 Å². The summed E-state index contributed by atoms with van der Waals surface area (Å²) >= 11 is 0. The Labute approximate surface area is 123 Å². The highest BCUT2D eigenvalue weighted by Gasteiger charge is 2.24. The maximum atomic E-state index is 11.0. The molecule has 10 nitrogen and oxygen atoms in total. The molecule has 10 heteroatoms. The van der Waals surface area contributed by atoms with Crippen molar-refractivity contribution in [2.75, 3.05) is 18.3 Å². The van der Waals surface area contributed by atoms with Crippen molar-refractivity contribution in [3.05, 3.63) is 33.9 Å². The van der Waals surface area contributed by atoms with Crippen molar-refractivity contribution in [1.82, 2.24) is 9.97 Å². The average molecular weight is 305 g/mol. The fourth-order valence-corrected chi connectivity index (χ4v) is 1.92. The predicted octanol–water partition coefficient (Wildman–Crippen LogP) is 0.857. The molecule has 0 radical (unpaired) electrons. The van der Waals surface area contributed by atoms with Crippen LogP contribution in [0, 0.1) is 10.1 Å². The summed E-state index contributed by atoms with van der Waals surface area (Å²) in [6.07, 6.45) is 0. The summed E-state index contributed by atoms with van der Waals surface area (Å²) in [6.45, 7) is 0.178. The lowest BCUT2D eigenvalue weighted by atomic mass is 10.2. The number of rotatable bonds is 4. The van der Waals surface area contributed by atoms with Gasteiger partial charge >= 0.3 is 11.6 Å². The predicted molar refractivity (Wildman–Crippen MR) is 74.4 cm³/mol. The Balaban J connectivity index is 1.83. The van der Waals surface area contributed by atoms with Crippen LogP contribution >= 0.6 is 0 Å². The second kappa shape index (κ2) is 5.24. The van der Waals surface area contributed by atoms with Crippen LogP contribution in [0.25, 0.3) is 0 Å². The maximum absolute atomic E-state index is 11.0. The molecule has 0 saturated carbocycles. The van der Waals surface area contributed by atoms with E-state index in [9.17, 15) is 10.1 Å². The molecule has 0 aliphatic carbocycles. The van der Waals surface area contributed by atoms with Crippen molar-refractivity contribution < 1.29 is 19.1 Å². The molecule has 0 bridgehead atoms. The minimum atomic E-state index is -0.719. The second-order valence-corrected chi connectivity index (χ2v) is 4.35. The molecule has 1 aromatic heterocycles. The molecule has 0 saturated heterocycles. The lowest BCUT2D eigenvalue weighted by molar-refractivity contribution is -0.385.